The van der Waals surface area contributed by atoms with Crippen molar-refractivity contribution in [3.05, 3.63) is 23.3 Å². The van der Waals surface area contributed by atoms with Crippen molar-refractivity contribution in [1.82, 2.24) is 5.32 Å². The molecule has 0 aliphatic heterocycles. The van der Waals surface area contributed by atoms with E-state index in [2.05, 4.69) is 24.4 Å². The van der Waals surface area contributed by atoms with Gasteiger partial charge in [0.15, 0.2) is 0 Å². The first kappa shape index (κ1) is 14.0. The van der Waals surface area contributed by atoms with Crippen LogP contribution in [0.2, 0.25) is 0 Å². The Balaban J connectivity index is 2.64. The molecule has 17 heavy (non-hydrogen) atoms. The van der Waals surface area contributed by atoms with Crippen molar-refractivity contribution in [3.63, 3.8) is 0 Å². The molecule has 4 nitrogen and oxygen atoms in total. The van der Waals surface area contributed by atoms with Crippen LogP contribution in [0.3, 0.4) is 0 Å². The number of hydrogen-bond donors (Lipinski definition) is 3. The van der Waals surface area contributed by atoms with E-state index >= 15 is 0 Å². The molecular weight excluding hydrogens is 217 g/mol. The first-order chi connectivity index (χ1) is 8.02. The van der Waals surface area contributed by atoms with Gasteiger partial charge in [-0.2, -0.15) is 0 Å². The van der Waals surface area contributed by atoms with Crippen LogP contribution in [0.25, 0.3) is 0 Å². The number of allylic oxidation sites excluding steroid dienone is 3. The minimum Gasteiger partial charge on any atom is -0.426 e. The van der Waals surface area contributed by atoms with Gasteiger partial charge in [0, 0.05) is 6.92 Å². The Morgan fingerprint density at radius 1 is 1.59 bits per heavy atom. The van der Waals surface area contributed by atoms with E-state index in [0.717, 1.165) is 24.8 Å². The van der Waals surface area contributed by atoms with E-state index < -0.39 is 13.1 Å². The van der Waals surface area contributed by atoms with E-state index in [1.807, 2.05) is 0 Å². The van der Waals surface area contributed by atoms with Crippen LogP contribution in [0, 0.1) is 0 Å². The lowest BCUT2D eigenvalue weighted by Crippen LogP contribution is -2.45. The van der Waals surface area contributed by atoms with Crippen LogP contribution in [0.5, 0.6) is 0 Å². The van der Waals surface area contributed by atoms with Crippen molar-refractivity contribution in [2.24, 2.45) is 0 Å². The van der Waals surface area contributed by atoms with Crippen molar-refractivity contribution >= 4 is 13.0 Å². The minimum atomic E-state index is -1.53. The molecule has 0 heterocycles. The lowest BCUT2D eigenvalue weighted by atomic mass is 9.75. The molecule has 1 rings (SSSR count). The summed E-state index contributed by atoms with van der Waals surface area (Å²) in [6.07, 6.45) is 7.73. The van der Waals surface area contributed by atoms with Gasteiger partial charge in [0.05, 0.1) is 5.94 Å². The van der Waals surface area contributed by atoms with Crippen LogP contribution in [0.1, 0.15) is 39.5 Å². The van der Waals surface area contributed by atoms with Gasteiger partial charge < -0.3 is 15.4 Å². The van der Waals surface area contributed by atoms with Gasteiger partial charge >= 0.3 is 7.12 Å². The van der Waals surface area contributed by atoms with E-state index in [0.29, 0.717) is 6.42 Å². The maximum Gasteiger partial charge on any atom is 0.475 e. The van der Waals surface area contributed by atoms with E-state index in [9.17, 15) is 14.8 Å². The van der Waals surface area contributed by atoms with Crippen molar-refractivity contribution < 1.29 is 14.8 Å². The highest BCUT2D eigenvalue weighted by atomic mass is 16.4. The average Bonchev–Trinajstić information content (AvgIpc) is 2.27. The number of carbonyl (C=O) groups is 1. The van der Waals surface area contributed by atoms with Gasteiger partial charge in [-0.05, 0) is 25.7 Å². The maximum atomic E-state index is 11.0. The maximum absolute atomic E-state index is 11.0. The third kappa shape index (κ3) is 4.75. The Bertz CT molecular complexity index is 337. The third-order valence-electron chi connectivity index (χ3n) is 2.92. The molecule has 5 heteroatoms. The van der Waals surface area contributed by atoms with E-state index in [4.69, 9.17) is 0 Å². The molecule has 1 aliphatic rings. The Labute approximate surface area is 103 Å². The molecule has 0 radical (unpaired) electrons. The second kappa shape index (κ2) is 6.62. The Kier molecular flexibility index (Phi) is 5.45. The van der Waals surface area contributed by atoms with Crippen LogP contribution in [0.15, 0.2) is 23.3 Å². The quantitative estimate of drug-likeness (QED) is 0.623. The highest BCUT2D eigenvalue weighted by Crippen LogP contribution is 2.22. The van der Waals surface area contributed by atoms with Gasteiger partial charge in [0.2, 0.25) is 5.91 Å². The summed E-state index contributed by atoms with van der Waals surface area (Å²) in [4.78, 5) is 11.0. The molecule has 0 unspecified atom stereocenters. The highest BCUT2D eigenvalue weighted by Gasteiger charge is 2.25. The lowest BCUT2D eigenvalue weighted by molar-refractivity contribution is -0.119. The molecule has 0 spiro atoms. The largest absolute Gasteiger partial charge is 0.475 e. The van der Waals surface area contributed by atoms with Crippen molar-refractivity contribution in [1.29, 1.82) is 0 Å². The molecule has 1 aliphatic carbocycles. The molecule has 1 amide bonds. The summed E-state index contributed by atoms with van der Waals surface area (Å²) < 4.78 is 0. The molecule has 0 saturated heterocycles. The topological polar surface area (TPSA) is 69.6 Å². The molecule has 0 aromatic rings. The summed E-state index contributed by atoms with van der Waals surface area (Å²) in [6, 6.07) is 0. The van der Waals surface area contributed by atoms with Gasteiger partial charge in [0.25, 0.3) is 0 Å². The first-order valence-electron chi connectivity index (χ1n) is 6.04. The normalized spacial score (nSPS) is 16.9. The molecule has 0 saturated carbocycles. The first-order valence-corrected chi connectivity index (χ1v) is 6.04. The molecule has 0 aromatic carbocycles. The van der Waals surface area contributed by atoms with Crippen LogP contribution in [-0.2, 0) is 4.79 Å². The highest BCUT2D eigenvalue weighted by molar-refractivity contribution is 6.43. The number of amides is 1. The van der Waals surface area contributed by atoms with E-state index in [1.165, 1.54) is 12.5 Å². The Morgan fingerprint density at radius 3 is 2.82 bits per heavy atom. The minimum absolute atomic E-state index is 0.251. The summed E-state index contributed by atoms with van der Waals surface area (Å²) in [5, 5.41) is 21.0. The van der Waals surface area contributed by atoms with Gasteiger partial charge in [-0.15, -0.1) is 0 Å². The number of carbonyl (C=O) groups excluding carboxylic acids is 1. The number of hydrogen-bond acceptors (Lipinski definition) is 3. The average molecular weight is 237 g/mol. The Morgan fingerprint density at radius 2 is 2.29 bits per heavy atom. The van der Waals surface area contributed by atoms with Crippen LogP contribution < -0.4 is 5.32 Å². The van der Waals surface area contributed by atoms with Crippen LogP contribution in [-0.4, -0.2) is 29.0 Å². The molecular formula is C12H20BNO3. The van der Waals surface area contributed by atoms with Gasteiger partial charge in [-0.25, -0.2) is 0 Å². The zero-order valence-electron chi connectivity index (χ0n) is 10.4. The van der Waals surface area contributed by atoms with Gasteiger partial charge in [-0.1, -0.05) is 30.2 Å². The Hall–Kier alpha value is -1.07. The number of nitrogens with one attached hydrogen (secondary N) is 1. The third-order valence-corrected chi connectivity index (χ3v) is 2.92. The molecule has 0 bridgehead atoms. The van der Waals surface area contributed by atoms with Crippen molar-refractivity contribution in [2.75, 3.05) is 0 Å². The zero-order chi connectivity index (χ0) is 12.8. The van der Waals surface area contributed by atoms with Gasteiger partial charge in [-0.3, -0.25) is 4.79 Å². The van der Waals surface area contributed by atoms with E-state index in [1.54, 1.807) is 0 Å². The zero-order valence-corrected chi connectivity index (χ0v) is 10.4. The fourth-order valence-corrected chi connectivity index (χ4v) is 2.00. The monoisotopic (exact) mass is 237 g/mol. The van der Waals surface area contributed by atoms with Gasteiger partial charge in [0.1, 0.15) is 0 Å². The van der Waals surface area contributed by atoms with Crippen molar-refractivity contribution in [3.8, 4) is 0 Å². The number of rotatable bonds is 5. The molecule has 94 valence electrons. The summed E-state index contributed by atoms with van der Waals surface area (Å²) in [7, 11) is -1.53. The fraction of sp³-hybridized carbons (Fsp3) is 0.583. The predicted molar refractivity (Wildman–Crippen MR) is 68.1 cm³/mol. The fourth-order valence-electron chi connectivity index (χ4n) is 2.00. The predicted octanol–water partition coefficient (Wildman–Crippen LogP) is 0.950. The molecule has 1 atom stereocenters. The second-order valence-corrected chi connectivity index (χ2v) is 4.40. The molecule has 3 N–H and O–H groups in total. The summed E-state index contributed by atoms with van der Waals surface area (Å²) in [6.45, 7) is 3.49. The lowest BCUT2D eigenvalue weighted by Gasteiger charge is -2.19. The molecule has 0 fully saturated rings. The second-order valence-electron chi connectivity index (χ2n) is 4.40. The summed E-state index contributed by atoms with van der Waals surface area (Å²) in [5.74, 6) is -0.884. The SMILES string of the molecule is CCC1=CC(C[C@H](NC(C)=O)B(O)O)=CCC1. The smallest absolute Gasteiger partial charge is 0.426 e. The molecule has 0 aromatic heterocycles. The van der Waals surface area contributed by atoms with Crippen LogP contribution >= 0.6 is 0 Å². The van der Waals surface area contributed by atoms with Crippen LogP contribution in [0.4, 0.5) is 0 Å². The standard InChI is InChI=1S/C12H20BNO3/c1-3-10-5-4-6-11(7-10)8-12(13(16)17)14-9(2)15/h6-7,12,16-17H,3-5,8H2,1-2H3,(H,14,15)/t12-/m0/s1. The van der Waals surface area contributed by atoms with Crippen molar-refractivity contribution in [2.45, 2.75) is 45.5 Å². The summed E-state index contributed by atoms with van der Waals surface area (Å²) in [5.41, 5.74) is 2.44. The van der Waals surface area contributed by atoms with E-state index in [-0.39, 0.29) is 5.91 Å². The summed E-state index contributed by atoms with van der Waals surface area (Å²) >= 11 is 0.